The molecule has 0 bridgehead atoms. The Balaban J connectivity index is 2.57. The van der Waals surface area contributed by atoms with Crippen LogP contribution in [-0.2, 0) is 0 Å². The van der Waals surface area contributed by atoms with Crippen LogP contribution in [0.3, 0.4) is 0 Å². The highest BCUT2D eigenvalue weighted by atomic mass is 79.9. The summed E-state index contributed by atoms with van der Waals surface area (Å²) >= 11 is 9.39. The summed E-state index contributed by atoms with van der Waals surface area (Å²) in [6.45, 7) is 3.82. The highest BCUT2D eigenvalue weighted by Crippen LogP contribution is 2.22. The van der Waals surface area contributed by atoms with Crippen LogP contribution in [0.2, 0.25) is 5.15 Å². The predicted molar refractivity (Wildman–Crippen MR) is 67.4 cm³/mol. The molecule has 0 aromatic carbocycles. The van der Waals surface area contributed by atoms with Crippen LogP contribution in [0.4, 0.5) is 0 Å². The fourth-order valence-electron chi connectivity index (χ4n) is 1.26. The van der Waals surface area contributed by atoms with Crippen molar-refractivity contribution in [3.8, 4) is 11.4 Å². The fraction of sp³-hybridized carbons (Fsp3) is 0.182. The minimum atomic E-state index is 0.488. The molecule has 16 heavy (non-hydrogen) atoms. The first-order valence-corrected chi connectivity index (χ1v) is 5.86. The Morgan fingerprint density at radius 2 is 1.94 bits per heavy atom. The van der Waals surface area contributed by atoms with Crippen LogP contribution in [0.15, 0.2) is 22.9 Å². The van der Waals surface area contributed by atoms with Gasteiger partial charge in [-0.15, -0.1) is 0 Å². The Morgan fingerprint density at radius 3 is 2.56 bits per heavy atom. The average molecular weight is 299 g/mol. The summed E-state index contributed by atoms with van der Waals surface area (Å²) in [5, 5.41) is 0.488. The molecule has 0 saturated carbocycles. The molecule has 2 aromatic rings. The van der Waals surface area contributed by atoms with E-state index in [9.17, 15) is 0 Å². The highest BCUT2D eigenvalue weighted by Gasteiger charge is 2.08. The van der Waals surface area contributed by atoms with Crippen molar-refractivity contribution in [2.45, 2.75) is 13.8 Å². The van der Waals surface area contributed by atoms with Gasteiger partial charge in [0.05, 0.1) is 0 Å². The van der Waals surface area contributed by atoms with E-state index in [4.69, 9.17) is 11.6 Å². The van der Waals surface area contributed by atoms with Crippen LogP contribution in [0.5, 0.6) is 0 Å². The van der Waals surface area contributed by atoms with Gasteiger partial charge in [-0.1, -0.05) is 11.6 Å². The molecule has 0 radical (unpaired) electrons. The van der Waals surface area contributed by atoms with E-state index in [2.05, 4.69) is 30.9 Å². The zero-order valence-corrected chi connectivity index (χ0v) is 11.2. The standard InChI is InChI=1S/C11H9BrClN3/c1-6-7(2)15-11(16-10(6)13)8-3-9(12)5-14-4-8/h3-5H,1-2H3. The molecule has 5 heteroatoms. The van der Waals surface area contributed by atoms with Crippen LogP contribution in [0.1, 0.15) is 11.3 Å². The van der Waals surface area contributed by atoms with E-state index in [1.165, 1.54) is 0 Å². The summed E-state index contributed by atoms with van der Waals surface area (Å²) in [6, 6.07) is 1.91. The second-order valence-corrected chi connectivity index (χ2v) is 4.71. The molecule has 3 nitrogen and oxygen atoms in total. The molecule has 0 aliphatic carbocycles. The Kier molecular flexibility index (Phi) is 3.21. The van der Waals surface area contributed by atoms with E-state index < -0.39 is 0 Å². The molecular weight excluding hydrogens is 289 g/mol. The summed E-state index contributed by atoms with van der Waals surface area (Å²) in [4.78, 5) is 12.7. The summed E-state index contributed by atoms with van der Waals surface area (Å²) in [6.07, 6.45) is 3.43. The van der Waals surface area contributed by atoms with Gasteiger partial charge in [0, 0.05) is 33.7 Å². The number of rotatable bonds is 1. The molecule has 0 aliphatic rings. The summed E-state index contributed by atoms with van der Waals surface area (Å²) in [5.74, 6) is 0.599. The van der Waals surface area contributed by atoms with Crippen molar-refractivity contribution in [2.75, 3.05) is 0 Å². The number of nitrogens with zero attached hydrogens (tertiary/aromatic N) is 3. The monoisotopic (exact) mass is 297 g/mol. The Labute approximate surface area is 107 Å². The van der Waals surface area contributed by atoms with Crippen molar-refractivity contribution in [2.24, 2.45) is 0 Å². The largest absolute Gasteiger partial charge is 0.263 e. The van der Waals surface area contributed by atoms with E-state index in [0.29, 0.717) is 11.0 Å². The highest BCUT2D eigenvalue weighted by molar-refractivity contribution is 9.10. The lowest BCUT2D eigenvalue weighted by molar-refractivity contribution is 1.07. The van der Waals surface area contributed by atoms with Crippen LogP contribution in [0, 0.1) is 13.8 Å². The third kappa shape index (κ3) is 2.23. The molecule has 0 unspecified atom stereocenters. The van der Waals surface area contributed by atoms with Crippen molar-refractivity contribution in [3.63, 3.8) is 0 Å². The molecule has 0 saturated heterocycles. The van der Waals surface area contributed by atoms with E-state index in [-0.39, 0.29) is 0 Å². The predicted octanol–water partition coefficient (Wildman–Crippen LogP) is 3.57. The number of aromatic nitrogens is 3. The van der Waals surface area contributed by atoms with Gasteiger partial charge in [0.25, 0.3) is 0 Å². The van der Waals surface area contributed by atoms with Gasteiger partial charge in [-0.2, -0.15) is 0 Å². The third-order valence-corrected chi connectivity index (χ3v) is 3.09. The van der Waals surface area contributed by atoms with Gasteiger partial charge in [0.15, 0.2) is 5.82 Å². The van der Waals surface area contributed by atoms with Crippen LogP contribution in [0.25, 0.3) is 11.4 Å². The van der Waals surface area contributed by atoms with Gasteiger partial charge in [0.1, 0.15) is 5.15 Å². The second kappa shape index (κ2) is 4.47. The van der Waals surface area contributed by atoms with Gasteiger partial charge in [0.2, 0.25) is 0 Å². The zero-order valence-electron chi connectivity index (χ0n) is 8.83. The molecule has 0 N–H and O–H groups in total. The molecule has 2 rings (SSSR count). The van der Waals surface area contributed by atoms with Crippen LogP contribution >= 0.6 is 27.5 Å². The lowest BCUT2D eigenvalue weighted by Crippen LogP contribution is -1.96. The smallest absolute Gasteiger partial charge is 0.162 e. The third-order valence-electron chi connectivity index (χ3n) is 2.29. The number of hydrogen-bond donors (Lipinski definition) is 0. The SMILES string of the molecule is Cc1nc(-c2cncc(Br)c2)nc(Cl)c1C. The van der Waals surface area contributed by atoms with E-state index in [1.54, 1.807) is 12.4 Å². The van der Waals surface area contributed by atoms with Crippen LogP contribution < -0.4 is 0 Å². The van der Waals surface area contributed by atoms with E-state index in [0.717, 1.165) is 21.3 Å². The lowest BCUT2D eigenvalue weighted by atomic mass is 10.2. The molecule has 82 valence electrons. The van der Waals surface area contributed by atoms with Gasteiger partial charge >= 0.3 is 0 Å². The number of pyridine rings is 1. The van der Waals surface area contributed by atoms with Gasteiger partial charge in [-0.3, -0.25) is 4.98 Å². The summed E-state index contributed by atoms with van der Waals surface area (Å²) < 4.78 is 0.892. The Morgan fingerprint density at radius 1 is 1.19 bits per heavy atom. The summed E-state index contributed by atoms with van der Waals surface area (Å²) in [7, 11) is 0. The first-order chi connectivity index (χ1) is 7.58. The Hall–Kier alpha value is -1.00. The molecule has 0 spiro atoms. The minimum Gasteiger partial charge on any atom is -0.263 e. The van der Waals surface area contributed by atoms with E-state index >= 15 is 0 Å². The first kappa shape index (κ1) is 11.5. The number of halogens is 2. The van der Waals surface area contributed by atoms with Crippen molar-refractivity contribution >= 4 is 27.5 Å². The van der Waals surface area contributed by atoms with Crippen molar-refractivity contribution in [1.82, 2.24) is 15.0 Å². The van der Waals surface area contributed by atoms with Gasteiger partial charge in [-0.25, -0.2) is 9.97 Å². The van der Waals surface area contributed by atoms with Crippen molar-refractivity contribution < 1.29 is 0 Å². The second-order valence-electron chi connectivity index (χ2n) is 3.44. The normalized spacial score (nSPS) is 10.5. The maximum absolute atomic E-state index is 6.03. The van der Waals surface area contributed by atoms with Gasteiger partial charge < -0.3 is 0 Å². The number of hydrogen-bond acceptors (Lipinski definition) is 3. The number of aryl methyl sites for hydroxylation is 1. The molecule has 2 heterocycles. The van der Waals surface area contributed by atoms with Crippen molar-refractivity contribution in [3.05, 3.63) is 39.3 Å². The molecule has 0 fully saturated rings. The van der Waals surface area contributed by atoms with Crippen LogP contribution in [-0.4, -0.2) is 15.0 Å². The summed E-state index contributed by atoms with van der Waals surface area (Å²) in [5.41, 5.74) is 2.64. The molecular formula is C11H9BrClN3. The quantitative estimate of drug-likeness (QED) is 0.755. The molecule has 0 amide bonds. The molecule has 0 aliphatic heterocycles. The molecule has 2 aromatic heterocycles. The van der Waals surface area contributed by atoms with E-state index in [1.807, 2.05) is 19.9 Å². The maximum Gasteiger partial charge on any atom is 0.162 e. The molecule has 0 atom stereocenters. The average Bonchev–Trinajstić information content (AvgIpc) is 2.25. The fourth-order valence-corrected chi connectivity index (χ4v) is 1.84. The first-order valence-electron chi connectivity index (χ1n) is 4.69. The Bertz CT molecular complexity index is 519. The minimum absolute atomic E-state index is 0.488. The van der Waals surface area contributed by atoms with Crippen molar-refractivity contribution in [1.29, 1.82) is 0 Å². The topological polar surface area (TPSA) is 38.7 Å². The van der Waals surface area contributed by atoms with Gasteiger partial charge in [-0.05, 0) is 35.8 Å². The lowest BCUT2D eigenvalue weighted by Gasteiger charge is -2.05. The zero-order chi connectivity index (χ0) is 11.7. The maximum atomic E-state index is 6.03.